The van der Waals surface area contributed by atoms with E-state index in [1.54, 1.807) is 0 Å². The van der Waals surface area contributed by atoms with Gasteiger partial charge in [-0.25, -0.2) is 0 Å². The summed E-state index contributed by atoms with van der Waals surface area (Å²) in [7, 11) is 2.14. The zero-order chi connectivity index (χ0) is 11.3. The normalized spacial score (nSPS) is 13.1. The molecule has 0 saturated heterocycles. The largest absolute Gasteiger partial charge is 0.301 e. The number of pyridine rings is 1. The molecule has 3 heteroatoms. The van der Waals surface area contributed by atoms with E-state index in [9.17, 15) is 0 Å². The lowest BCUT2D eigenvalue weighted by Gasteiger charge is -2.16. The van der Waals surface area contributed by atoms with Crippen LogP contribution in [0.15, 0.2) is 18.2 Å². The van der Waals surface area contributed by atoms with Gasteiger partial charge in [-0.3, -0.25) is 4.98 Å². The number of alkyl halides is 1. The highest BCUT2D eigenvalue weighted by molar-refractivity contribution is 9.09. The van der Waals surface area contributed by atoms with Crippen molar-refractivity contribution in [2.24, 2.45) is 0 Å². The van der Waals surface area contributed by atoms with Crippen molar-refractivity contribution in [3.63, 3.8) is 0 Å². The molecular formula is C12H19BrN2. The molecule has 15 heavy (non-hydrogen) atoms. The van der Waals surface area contributed by atoms with Crippen molar-refractivity contribution in [3.8, 4) is 0 Å². The molecule has 0 spiro atoms. The Morgan fingerprint density at radius 1 is 1.47 bits per heavy atom. The van der Waals surface area contributed by atoms with E-state index < -0.39 is 0 Å². The fraction of sp³-hybridized carbons (Fsp3) is 0.583. The first-order valence-corrected chi connectivity index (χ1v) is 6.24. The van der Waals surface area contributed by atoms with Gasteiger partial charge < -0.3 is 4.90 Å². The molecule has 1 unspecified atom stereocenters. The van der Waals surface area contributed by atoms with Gasteiger partial charge in [-0.2, -0.15) is 0 Å². The molecular weight excluding hydrogens is 252 g/mol. The summed E-state index contributed by atoms with van der Waals surface area (Å²) < 4.78 is 0. The number of hydrogen-bond donors (Lipinski definition) is 0. The molecule has 0 saturated carbocycles. The second kappa shape index (κ2) is 6.23. The molecule has 0 bridgehead atoms. The Hall–Kier alpha value is -0.410. The Balaban J connectivity index is 2.40. The molecule has 1 rings (SSSR count). The van der Waals surface area contributed by atoms with E-state index in [0.29, 0.717) is 4.83 Å². The predicted molar refractivity (Wildman–Crippen MR) is 68.3 cm³/mol. The molecule has 0 amide bonds. The number of hydrogen-bond acceptors (Lipinski definition) is 2. The summed E-state index contributed by atoms with van der Waals surface area (Å²) >= 11 is 3.56. The first-order chi connectivity index (χ1) is 7.08. The van der Waals surface area contributed by atoms with Crippen LogP contribution in [0.3, 0.4) is 0 Å². The molecule has 0 N–H and O–H groups in total. The fourth-order valence-electron chi connectivity index (χ4n) is 1.44. The van der Waals surface area contributed by atoms with Crippen molar-refractivity contribution < 1.29 is 0 Å². The minimum atomic E-state index is 0.588. The topological polar surface area (TPSA) is 16.1 Å². The van der Waals surface area contributed by atoms with Crippen LogP contribution in [-0.2, 0) is 6.54 Å². The second-order valence-electron chi connectivity index (χ2n) is 4.08. The van der Waals surface area contributed by atoms with Gasteiger partial charge in [-0.1, -0.05) is 28.9 Å². The monoisotopic (exact) mass is 270 g/mol. The number of halogens is 1. The Kier molecular flexibility index (Phi) is 5.26. The Morgan fingerprint density at radius 2 is 2.20 bits per heavy atom. The maximum Gasteiger partial charge on any atom is 0.0547 e. The molecule has 0 aliphatic carbocycles. The van der Waals surface area contributed by atoms with Crippen LogP contribution >= 0.6 is 15.9 Å². The molecule has 1 aromatic rings. The minimum Gasteiger partial charge on any atom is -0.301 e. The van der Waals surface area contributed by atoms with Crippen LogP contribution in [0.5, 0.6) is 0 Å². The summed E-state index contributed by atoms with van der Waals surface area (Å²) in [5.74, 6) is 0. The Labute approximate surface area is 101 Å². The zero-order valence-electron chi connectivity index (χ0n) is 9.70. The van der Waals surface area contributed by atoms with Gasteiger partial charge in [0.2, 0.25) is 0 Å². The maximum absolute atomic E-state index is 4.49. The van der Waals surface area contributed by atoms with Gasteiger partial charge in [0.25, 0.3) is 0 Å². The second-order valence-corrected chi connectivity index (χ2v) is 5.64. The lowest BCUT2D eigenvalue weighted by molar-refractivity contribution is 0.319. The summed E-state index contributed by atoms with van der Waals surface area (Å²) in [5, 5.41) is 0. The molecule has 0 aromatic carbocycles. The van der Waals surface area contributed by atoms with Crippen molar-refractivity contribution in [2.75, 3.05) is 13.6 Å². The Morgan fingerprint density at radius 3 is 2.80 bits per heavy atom. The first kappa shape index (κ1) is 12.7. The third-order valence-electron chi connectivity index (χ3n) is 2.29. The Bertz CT molecular complexity index is 299. The van der Waals surface area contributed by atoms with E-state index in [1.165, 1.54) is 6.42 Å². The number of aryl methyl sites for hydroxylation is 1. The fourth-order valence-corrected chi connectivity index (χ4v) is 1.65. The molecule has 0 radical (unpaired) electrons. The van der Waals surface area contributed by atoms with E-state index in [2.05, 4.69) is 51.9 Å². The predicted octanol–water partition coefficient (Wildman–Crippen LogP) is 3.00. The highest BCUT2D eigenvalue weighted by Crippen LogP contribution is 2.06. The lowest BCUT2D eigenvalue weighted by Crippen LogP contribution is -2.21. The molecule has 1 atom stereocenters. The molecule has 0 aliphatic rings. The van der Waals surface area contributed by atoms with E-state index in [4.69, 9.17) is 0 Å². The quantitative estimate of drug-likeness (QED) is 0.765. The molecule has 0 aliphatic heterocycles. The SMILES string of the molecule is Cc1cccc(CN(C)CCC(C)Br)n1. The third kappa shape index (κ3) is 5.28. The highest BCUT2D eigenvalue weighted by Gasteiger charge is 2.03. The van der Waals surface area contributed by atoms with Crippen LogP contribution in [0, 0.1) is 6.92 Å². The summed E-state index contributed by atoms with van der Waals surface area (Å²) in [5.41, 5.74) is 2.24. The van der Waals surface area contributed by atoms with Crippen LogP contribution in [-0.4, -0.2) is 28.3 Å². The van der Waals surface area contributed by atoms with E-state index >= 15 is 0 Å². The van der Waals surface area contributed by atoms with E-state index in [0.717, 1.165) is 24.5 Å². The van der Waals surface area contributed by atoms with E-state index in [1.807, 2.05) is 13.0 Å². The van der Waals surface area contributed by atoms with Gasteiger partial charge in [-0.15, -0.1) is 0 Å². The van der Waals surface area contributed by atoms with Crippen molar-refractivity contribution in [1.82, 2.24) is 9.88 Å². The molecule has 1 aromatic heterocycles. The maximum atomic E-state index is 4.49. The summed E-state index contributed by atoms with van der Waals surface area (Å²) in [6.45, 7) is 6.24. The van der Waals surface area contributed by atoms with E-state index in [-0.39, 0.29) is 0 Å². The zero-order valence-corrected chi connectivity index (χ0v) is 11.3. The lowest BCUT2D eigenvalue weighted by atomic mass is 10.3. The number of nitrogens with zero attached hydrogens (tertiary/aromatic N) is 2. The van der Waals surface area contributed by atoms with Crippen LogP contribution in [0.4, 0.5) is 0 Å². The van der Waals surface area contributed by atoms with Crippen molar-refractivity contribution in [3.05, 3.63) is 29.6 Å². The molecule has 0 fully saturated rings. The third-order valence-corrected chi connectivity index (χ3v) is 2.74. The summed E-state index contributed by atoms with van der Waals surface area (Å²) in [6.07, 6.45) is 1.17. The van der Waals surface area contributed by atoms with Gasteiger partial charge in [0.15, 0.2) is 0 Å². The minimum absolute atomic E-state index is 0.588. The van der Waals surface area contributed by atoms with Crippen molar-refractivity contribution in [2.45, 2.75) is 31.6 Å². The van der Waals surface area contributed by atoms with Crippen LogP contribution in [0.2, 0.25) is 0 Å². The standard InChI is InChI=1S/C12H19BrN2/c1-10(13)7-8-15(3)9-12-6-4-5-11(2)14-12/h4-6,10H,7-9H2,1-3H3. The summed E-state index contributed by atoms with van der Waals surface area (Å²) in [4.78, 5) is 7.38. The molecule has 2 nitrogen and oxygen atoms in total. The van der Waals surface area contributed by atoms with Crippen LogP contribution < -0.4 is 0 Å². The average molecular weight is 271 g/mol. The summed E-state index contributed by atoms with van der Waals surface area (Å²) in [6, 6.07) is 6.18. The van der Waals surface area contributed by atoms with Gasteiger partial charge in [0.1, 0.15) is 0 Å². The van der Waals surface area contributed by atoms with Crippen LogP contribution in [0.25, 0.3) is 0 Å². The van der Waals surface area contributed by atoms with Crippen molar-refractivity contribution in [1.29, 1.82) is 0 Å². The van der Waals surface area contributed by atoms with Gasteiger partial charge in [-0.05, 0) is 39.1 Å². The highest BCUT2D eigenvalue weighted by atomic mass is 79.9. The average Bonchev–Trinajstić information content (AvgIpc) is 2.15. The number of aromatic nitrogens is 1. The van der Waals surface area contributed by atoms with Gasteiger partial charge >= 0.3 is 0 Å². The molecule has 1 heterocycles. The number of rotatable bonds is 5. The van der Waals surface area contributed by atoms with Crippen molar-refractivity contribution >= 4 is 15.9 Å². The molecule has 84 valence electrons. The van der Waals surface area contributed by atoms with Crippen LogP contribution in [0.1, 0.15) is 24.7 Å². The first-order valence-electron chi connectivity index (χ1n) is 5.33. The van der Waals surface area contributed by atoms with Gasteiger partial charge in [0.05, 0.1) is 5.69 Å². The smallest absolute Gasteiger partial charge is 0.0547 e. The van der Waals surface area contributed by atoms with Gasteiger partial charge in [0, 0.05) is 17.1 Å².